The molecule has 0 aromatic heterocycles. The van der Waals surface area contributed by atoms with Crippen LogP contribution in [0, 0.1) is 0 Å². The van der Waals surface area contributed by atoms with Crippen LogP contribution in [0.1, 0.15) is 20.3 Å². The summed E-state index contributed by atoms with van der Waals surface area (Å²) in [7, 11) is 0. The lowest BCUT2D eigenvalue weighted by molar-refractivity contribution is -0.115. The monoisotopic (exact) mass is 345 g/mol. The number of carbonyl (C=O) groups excluding carboxylic acids is 1. The highest BCUT2D eigenvalue weighted by Gasteiger charge is 2.04. The third kappa shape index (κ3) is 5.46. The summed E-state index contributed by atoms with van der Waals surface area (Å²) < 4.78 is 0. The first-order chi connectivity index (χ1) is 11.6. The molecule has 0 unspecified atom stereocenters. The van der Waals surface area contributed by atoms with Gasteiger partial charge in [-0.2, -0.15) is 0 Å². The van der Waals surface area contributed by atoms with Crippen molar-refractivity contribution in [2.24, 2.45) is 0 Å². The summed E-state index contributed by atoms with van der Waals surface area (Å²) in [6.07, 6.45) is 0.403. The average molecular weight is 346 g/mol. The molecule has 0 bridgehead atoms. The first kappa shape index (κ1) is 18.1. The Morgan fingerprint density at radius 3 is 2.12 bits per heavy atom. The molecule has 0 radical (unpaired) electrons. The zero-order chi connectivity index (χ0) is 17.4. The van der Waals surface area contributed by atoms with E-state index in [0.29, 0.717) is 18.0 Å². The second-order valence-corrected chi connectivity index (χ2v) is 5.89. The molecule has 2 rings (SSSR count). The van der Waals surface area contributed by atoms with Gasteiger partial charge in [-0.05, 0) is 62.4 Å². The second kappa shape index (κ2) is 9.18. The molecular weight excluding hydrogens is 322 g/mol. The number of nitrogens with zero attached hydrogens (tertiary/aromatic N) is 1. The van der Waals surface area contributed by atoms with Crippen LogP contribution in [0.2, 0.25) is 5.02 Å². The lowest BCUT2D eigenvalue weighted by Gasteiger charge is -2.21. The molecule has 0 aliphatic heterocycles. The zero-order valence-electron chi connectivity index (χ0n) is 14.2. The highest BCUT2D eigenvalue weighted by atomic mass is 35.5. The number of halogens is 1. The van der Waals surface area contributed by atoms with Crippen LogP contribution in [0.4, 0.5) is 17.1 Å². The van der Waals surface area contributed by atoms with Crippen LogP contribution in [-0.2, 0) is 4.79 Å². The number of amides is 1. The largest absolute Gasteiger partial charge is 0.385 e. The maximum atomic E-state index is 12.0. The Morgan fingerprint density at radius 2 is 1.54 bits per heavy atom. The van der Waals surface area contributed by atoms with Gasteiger partial charge < -0.3 is 15.5 Å². The molecule has 1 amide bonds. The Bertz CT molecular complexity index is 637. The van der Waals surface area contributed by atoms with Crippen molar-refractivity contribution < 1.29 is 4.79 Å². The number of nitrogens with one attached hydrogen (secondary N) is 2. The maximum absolute atomic E-state index is 12.0. The molecule has 2 aromatic rings. The van der Waals surface area contributed by atoms with Crippen molar-refractivity contribution >= 4 is 34.6 Å². The summed E-state index contributed by atoms with van der Waals surface area (Å²) >= 11 is 5.84. The first-order valence-corrected chi connectivity index (χ1v) is 8.64. The molecule has 4 nitrogen and oxygen atoms in total. The smallest absolute Gasteiger partial charge is 0.226 e. The molecule has 0 saturated heterocycles. The summed E-state index contributed by atoms with van der Waals surface area (Å²) in [5.74, 6) is -0.00736. The van der Waals surface area contributed by atoms with E-state index in [2.05, 4.69) is 29.4 Å². The van der Waals surface area contributed by atoms with Crippen LogP contribution >= 0.6 is 11.6 Å². The predicted molar refractivity (Wildman–Crippen MR) is 103 cm³/mol. The molecule has 0 atom stereocenters. The third-order valence-electron chi connectivity index (χ3n) is 3.81. The Morgan fingerprint density at radius 1 is 0.958 bits per heavy atom. The predicted octanol–water partition coefficient (Wildman–Crippen LogP) is 4.63. The molecule has 128 valence electrons. The van der Waals surface area contributed by atoms with Crippen LogP contribution in [0.25, 0.3) is 0 Å². The van der Waals surface area contributed by atoms with Gasteiger partial charge in [0, 0.05) is 48.1 Å². The van der Waals surface area contributed by atoms with E-state index in [1.54, 1.807) is 0 Å². The van der Waals surface area contributed by atoms with E-state index in [1.165, 1.54) is 5.69 Å². The second-order valence-electron chi connectivity index (χ2n) is 5.45. The molecule has 2 aromatic carbocycles. The minimum Gasteiger partial charge on any atom is -0.385 e. The molecule has 0 aliphatic rings. The fourth-order valence-corrected chi connectivity index (χ4v) is 2.58. The van der Waals surface area contributed by atoms with Gasteiger partial charge in [0.1, 0.15) is 0 Å². The van der Waals surface area contributed by atoms with Gasteiger partial charge in [-0.3, -0.25) is 4.79 Å². The van der Waals surface area contributed by atoms with Crippen molar-refractivity contribution in [3.05, 3.63) is 53.6 Å². The van der Waals surface area contributed by atoms with Crippen molar-refractivity contribution in [1.29, 1.82) is 0 Å². The van der Waals surface area contributed by atoms with Crippen LogP contribution in [0.3, 0.4) is 0 Å². The maximum Gasteiger partial charge on any atom is 0.226 e. The number of rotatable bonds is 8. The van der Waals surface area contributed by atoms with Gasteiger partial charge in [-0.25, -0.2) is 0 Å². The summed E-state index contributed by atoms with van der Waals surface area (Å²) in [6, 6.07) is 15.4. The standard InChI is InChI=1S/C19H24ClN3O/c1-3-23(4-2)18-11-9-17(10-12-18)22-19(24)13-14-21-16-7-5-15(20)6-8-16/h5-12,21H,3-4,13-14H2,1-2H3,(H,22,24). The van der Waals surface area contributed by atoms with Gasteiger partial charge in [0.25, 0.3) is 0 Å². The number of carbonyl (C=O) groups is 1. The molecule has 0 spiro atoms. The van der Waals surface area contributed by atoms with E-state index in [9.17, 15) is 4.79 Å². The Kier molecular flexibility index (Phi) is 6.94. The molecule has 0 fully saturated rings. The fourth-order valence-electron chi connectivity index (χ4n) is 2.46. The van der Waals surface area contributed by atoms with E-state index >= 15 is 0 Å². The van der Waals surface area contributed by atoms with Gasteiger partial charge in [-0.15, -0.1) is 0 Å². The number of hydrogen-bond acceptors (Lipinski definition) is 3. The highest BCUT2D eigenvalue weighted by Crippen LogP contribution is 2.18. The van der Waals surface area contributed by atoms with E-state index in [0.717, 1.165) is 24.5 Å². The lowest BCUT2D eigenvalue weighted by atomic mass is 10.2. The minimum atomic E-state index is -0.00736. The first-order valence-electron chi connectivity index (χ1n) is 8.26. The van der Waals surface area contributed by atoms with Crippen molar-refractivity contribution in [2.75, 3.05) is 35.2 Å². The quantitative estimate of drug-likeness (QED) is 0.733. The summed E-state index contributed by atoms with van der Waals surface area (Å²) in [5.41, 5.74) is 2.94. The SMILES string of the molecule is CCN(CC)c1ccc(NC(=O)CCNc2ccc(Cl)cc2)cc1. The molecule has 0 aliphatic carbocycles. The molecule has 0 saturated carbocycles. The summed E-state index contributed by atoms with van der Waals surface area (Å²) in [4.78, 5) is 14.3. The van der Waals surface area contributed by atoms with E-state index in [-0.39, 0.29) is 5.91 Å². The van der Waals surface area contributed by atoms with Crippen molar-refractivity contribution in [3.63, 3.8) is 0 Å². The Hall–Kier alpha value is -2.20. The van der Waals surface area contributed by atoms with Gasteiger partial charge in [0.2, 0.25) is 5.91 Å². The van der Waals surface area contributed by atoms with Crippen molar-refractivity contribution in [1.82, 2.24) is 0 Å². The van der Waals surface area contributed by atoms with Gasteiger partial charge in [0.15, 0.2) is 0 Å². The molecule has 5 heteroatoms. The van der Waals surface area contributed by atoms with Crippen LogP contribution in [0.15, 0.2) is 48.5 Å². The number of anilines is 3. The highest BCUT2D eigenvalue weighted by molar-refractivity contribution is 6.30. The topological polar surface area (TPSA) is 44.4 Å². The summed E-state index contributed by atoms with van der Waals surface area (Å²) in [6.45, 7) is 6.78. The van der Waals surface area contributed by atoms with E-state index in [4.69, 9.17) is 11.6 Å². The number of benzene rings is 2. The van der Waals surface area contributed by atoms with Crippen molar-refractivity contribution in [3.8, 4) is 0 Å². The fraction of sp³-hybridized carbons (Fsp3) is 0.316. The minimum absolute atomic E-state index is 0.00736. The molecular formula is C19H24ClN3O. The third-order valence-corrected chi connectivity index (χ3v) is 4.06. The van der Waals surface area contributed by atoms with Gasteiger partial charge >= 0.3 is 0 Å². The molecule has 0 heterocycles. The van der Waals surface area contributed by atoms with E-state index in [1.807, 2.05) is 48.5 Å². The van der Waals surface area contributed by atoms with Gasteiger partial charge in [0.05, 0.1) is 0 Å². The Balaban J connectivity index is 1.78. The lowest BCUT2D eigenvalue weighted by Crippen LogP contribution is -2.21. The number of hydrogen-bond donors (Lipinski definition) is 2. The zero-order valence-corrected chi connectivity index (χ0v) is 14.9. The molecule has 2 N–H and O–H groups in total. The molecule has 24 heavy (non-hydrogen) atoms. The van der Waals surface area contributed by atoms with Crippen LogP contribution in [0.5, 0.6) is 0 Å². The van der Waals surface area contributed by atoms with Gasteiger partial charge in [-0.1, -0.05) is 11.6 Å². The summed E-state index contributed by atoms with van der Waals surface area (Å²) in [5, 5.41) is 6.82. The van der Waals surface area contributed by atoms with Crippen LogP contribution < -0.4 is 15.5 Å². The van der Waals surface area contributed by atoms with Crippen LogP contribution in [-0.4, -0.2) is 25.5 Å². The average Bonchev–Trinajstić information content (AvgIpc) is 2.59. The van der Waals surface area contributed by atoms with Crippen molar-refractivity contribution in [2.45, 2.75) is 20.3 Å². The normalized spacial score (nSPS) is 10.3. The van der Waals surface area contributed by atoms with E-state index < -0.39 is 0 Å². The Labute approximate surface area is 148 Å².